The van der Waals surface area contributed by atoms with Crippen LogP contribution in [0.1, 0.15) is 24.8 Å². The Morgan fingerprint density at radius 1 is 1.10 bits per heavy atom. The molecule has 0 bridgehead atoms. The van der Waals surface area contributed by atoms with E-state index in [1.54, 1.807) is 41.3 Å². The Labute approximate surface area is 172 Å². The smallest absolute Gasteiger partial charge is 0.245 e. The molecule has 2 aromatic carbocycles. The van der Waals surface area contributed by atoms with Gasteiger partial charge in [0.25, 0.3) is 0 Å². The van der Waals surface area contributed by atoms with E-state index < -0.39 is 17.1 Å². The van der Waals surface area contributed by atoms with Crippen molar-refractivity contribution in [3.63, 3.8) is 0 Å². The second-order valence-corrected chi connectivity index (χ2v) is 7.53. The number of carbonyl (C=O) groups excluding carboxylic acids is 2. The van der Waals surface area contributed by atoms with Gasteiger partial charge in [-0.3, -0.25) is 14.5 Å². The maximum atomic E-state index is 13.5. The van der Waals surface area contributed by atoms with E-state index in [-0.39, 0.29) is 29.2 Å². The predicted octanol–water partition coefficient (Wildman–Crippen LogP) is 3.24. The van der Waals surface area contributed by atoms with E-state index in [4.69, 9.17) is 5.73 Å². The topological polar surface area (TPSA) is 99.2 Å². The van der Waals surface area contributed by atoms with Gasteiger partial charge in [0, 0.05) is 34.6 Å². The molecule has 0 unspecified atom stereocenters. The van der Waals surface area contributed by atoms with E-state index in [1.165, 1.54) is 12.1 Å². The number of fused-ring (bicyclic) bond motifs is 3. The van der Waals surface area contributed by atoms with Gasteiger partial charge in [-0.2, -0.15) is 5.26 Å². The van der Waals surface area contributed by atoms with Crippen LogP contribution in [-0.4, -0.2) is 11.7 Å². The van der Waals surface area contributed by atoms with Crippen molar-refractivity contribution < 1.29 is 14.0 Å². The van der Waals surface area contributed by atoms with Crippen molar-refractivity contribution in [2.75, 3.05) is 10.2 Å². The fourth-order valence-corrected chi connectivity index (χ4v) is 4.83. The maximum Gasteiger partial charge on any atom is 0.245 e. The number of Topliss-reactive ketones (excluding diaryl/α,β-unsaturated/α-hetero) is 1. The van der Waals surface area contributed by atoms with Gasteiger partial charge in [-0.1, -0.05) is 18.2 Å². The predicted molar refractivity (Wildman–Crippen MR) is 108 cm³/mol. The molecule has 1 amide bonds. The summed E-state index contributed by atoms with van der Waals surface area (Å²) in [6.07, 6.45) is 1.39. The van der Waals surface area contributed by atoms with Gasteiger partial charge in [0.1, 0.15) is 23.1 Å². The number of nitriles is 1. The lowest BCUT2D eigenvalue weighted by Crippen LogP contribution is -2.50. The number of carbonyl (C=O) groups is 2. The molecule has 30 heavy (non-hydrogen) atoms. The van der Waals surface area contributed by atoms with Crippen molar-refractivity contribution >= 4 is 23.1 Å². The number of para-hydroxylation sites is 1. The molecule has 1 spiro atoms. The Morgan fingerprint density at radius 3 is 2.57 bits per heavy atom. The summed E-state index contributed by atoms with van der Waals surface area (Å²) in [4.78, 5) is 28.3. The van der Waals surface area contributed by atoms with E-state index in [0.717, 1.165) is 0 Å². The SMILES string of the molecule is N#CC1=C(N)N(c2ccc(F)cc2)C2=C(C(=O)CCC2)[C@]12C(=O)Nc1ccccc12. The van der Waals surface area contributed by atoms with Crippen LogP contribution in [0.5, 0.6) is 0 Å². The second-order valence-electron chi connectivity index (χ2n) is 7.53. The third-order valence-corrected chi connectivity index (χ3v) is 6.02. The zero-order chi connectivity index (χ0) is 21.0. The van der Waals surface area contributed by atoms with Crippen molar-refractivity contribution in [3.8, 4) is 6.07 Å². The molecule has 7 heteroatoms. The first kappa shape index (κ1) is 18.1. The maximum absolute atomic E-state index is 13.5. The van der Waals surface area contributed by atoms with Crippen LogP contribution in [0.25, 0.3) is 0 Å². The molecule has 0 saturated heterocycles. The number of allylic oxidation sites excluding steroid dienone is 1. The first-order valence-corrected chi connectivity index (χ1v) is 9.64. The molecule has 1 atom stereocenters. The van der Waals surface area contributed by atoms with Gasteiger partial charge >= 0.3 is 0 Å². The van der Waals surface area contributed by atoms with Gasteiger partial charge in [0.15, 0.2) is 5.78 Å². The van der Waals surface area contributed by atoms with E-state index in [0.29, 0.717) is 35.5 Å². The zero-order valence-electron chi connectivity index (χ0n) is 15.9. The number of hydrogen-bond donors (Lipinski definition) is 2. The number of anilines is 2. The zero-order valence-corrected chi connectivity index (χ0v) is 15.9. The number of halogens is 1. The molecule has 3 N–H and O–H groups in total. The number of rotatable bonds is 1. The van der Waals surface area contributed by atoms with Crippen LogP contribution < -0.4 is 16.0 Å². The summed E-state index contributed by atoms with van der Waals surface area (Å²) in [5, 5.41) is 13.0. The monoisotopic (exact) mass is 400 g/mol. The molecule has 2 heterocycles. The van der Waals surface area contributed by atoms with E-state index in [2.05, 4.69) is 11.4 Å². The van der Waals surface area contributed by atoms with Crippen LogP contribution in [0.4, 0.5) is 15.8 Å². The number of nitrogens with one attached hydrogen (secondary N) is 1. The van der Waals surface area contributed by atoms with E-state index in [1.807, 2.05) is 0 Å². The van der Waals surface area contributed by atoms with Crippen molar-refractivity contribution in [2.45, 2.75) is 24.7 Å². The Balaban J connectivity index is 1.87. The molecular formula is C23H17FN4O2. The first-order valence-electron chi connectivity index (χ1n) is 9.64. The Hall–Kier alpha value is -3.92. The highest BCUT2D eigenvalue weighted by atomic mass is 19.1. The van der Waals surface area contributed by atoms with Crippen molar-refractivity contribution in [1.82, 2.24) is 0 Å². The number of ketones is 1. The third-order valence-electron chi connectivity index (χ3n) is 6.02. The average Bonchev–Trinajstić information content (AvgIpc) is 3.02. The summed E-state index contributed by atoms with van der Waals surface area (Å²) in [5.41, 5.74) is 7.44. The minimum atomic E-state index is -1.57. The van der Waals surface area contributed by atoms with Crippen LogP contribution in [0, 0.1) is 17.1 Å². The number of nitrogens with two attached hydrogens (primary N) is 1. The lowest BCUT2D eigenvalue weighted by molar-refractivity contribution is -0.122. The molecular weight excluding hydrogens is 383 g/mol. The molecule has 2 aromatic rings. The number of nitrogens with zero attached hydrogens (tertiary/aromatic N) is 2. The largest absolute Gasteiger partial charge is 0.384 e. The third kappa shape index (κ3) is 2.16. The number of hydrogen-bond acceptors (Lipinski definition) is 5. The van der Waals surface area contributed by atoms with Crippen LogP contribution in [0.15, 0.2) is 71.2 Å². The molecule has 6 nitrogen and oxygen atoms in total. The minimum absolute atomic E-state index is 0.00303. The standard InChI is InChI=1S/C23H17FN4O2/c24-13-8-10-14(11-9-13)28-18-6-3-7-19(29)20(18)23(16(12-25)21(28)26)15-4-1-2-5-17(15)27-22(23)30/h1-2,4-5,8-11H,3,6-7,26H2,(H,27,30)/t23-/m1/s1. The number of benzene rings is 2. The molecule has 0 fully saturated rings. The summed E-state index contributed by atoms with van der Waals surface area (Å²) in [6.45, 7) is 0. The second kappa shape index (κ2) is 6.29. The summed E-state index contributed by atoms with van der Waals surface area (Å²) in [5.74, 6) is -0.974. The van der Waals surface area contributed by atoms with Crippen molar-refractivity contribution in [1.29, 1.82) is 5.26 Å². The summed E-state index contributed by atoms with van der Waals surface area (Å²) in [7, 11) is 0. The Morgan fingerprint density at radius 2 is 1.83 bits per heavy atom. The fourth-order valence-electron chi connectivity index (χ4n) is 4.83. The lowest BCUT2D eigenvalue weighted by Gasteiger charge is -2.43. The van der Waals surface area contributed by atoms with Crippen LogP contribution in [0.3, 0.4) is 0 Å². The van der Waals surface area contributed by atoms with E-state index in [9.17, 15) is 19.2 Å². The van der Waals surface area contributed by atoms with Gasteiger partial charge in [0.05, 0.1) is 5.57 Å². The number of amides is 1. The molecule has 0 radical (unpaired) electrons. The lowest BCUT2D eigenvalue weighted by atomic mass is 9.64. The molecule has 148 valence electrons. The Bertz CT molecular complexity index is 1220. The van der Waals surface area contributed by atoms with Crippen molar-refractivity contribution in [2.24, 2.45) is 5.73 Å². The van der Waals surface area contributed by atoms with E-state index >= 15 is 0 Å². The first-order chi connectivity index (χ1) is 14.5. The molecule has 1 aliphatic carbocycles. The van der Waals surface area contributed by atoms with Gasteiger partial charge in [-0.05, 0) is 43.2 Å². The quantitative estimate of drug-likeness (QED) is 0.766. The summed E-state index contributed by atoms with van der Waals surface area (Å²) < 4.78 is 13.5. The minimum Gasteiger partial charge on any atom is -0.384 e. The average molecular weight is 400 g/mol. The highest BCUT2D eigenvalue weighted by molar-refractivity contribution is 6.19. The molecule has 3 aliphatic rings. The molecule has 0 saturated carbocycles. The fraction of sp³-hybridized carbons (Fsp3) is 0.174. The van der Waals surface area contributed by atoms with Gasteiger partial charge in [-0.25, -0.2) is 4.39 Å². The highest BCUT2D eigenvalue weighted by Crippen LogP contribution is 2.54. The molecule has 2 aliphatic heterocycles. The Kier molecular flexibility index (Phi) is 3.80. The van der Waals surface area contributed by atoms with Gasteiger partial charge in [-0.15, -0.1) is 0 Å². The molecule has 5 rings (SSSR count). The van der Waals surface area contributed by atoms with Crippen LogP contribution >= 0.6 is 0 Å². The summed E-state index contributed by atoms with van der Waals surface area (Å²) >= 11 is 0. The van der Waals surface area contributed by atoms with Crippen molar-refractivity contribution in [3.05, 3.63) is 82.6 Å². The highest BCUT2D eigenvalue weighted by Gasteiger charge is 2.59. The van der Waals surface area contributed by atoms with Gasteiger partial charge < -0.3 is 11.1 Å². The van der Waals surface area contributed by atoms with Crippen LogP contribution in [-0.2, 0) is 15.0 Å². The van der Waals surface area contributed by atoms with Crippen LogP contribution in [0.2, 0.25) is 0 Å². The summed E-state index contributed by atoms with van der Waals surface area (Å²) in [6, 6.07) is 14.8. The molecule has 0 aromatic heterocycles. The van der Waals surface area contributed by atoms with Gasteiger partial charge in [0.2, 0.25) is 5.91 Å². The normalized spacial score (nSPS) is 22.7.